The minimum atomic E-state index is 0.250. The van der Waals surface area contributed by atoms with Crippen LogP contribution in [0.3, 0.4) is 0 Å². The third kappa shape index (κ3) is 2.76. The van der Waals surface area contributed by atoms with Gasteiger partial charge in [0.1, 0.15) is 0 Å². The van der Waals surface area contributed by atoms with Crippen LogP contribution in [-0.4, -0.2) is 34.4 Å². The number of amides is 1. The molecule has 3 aliphatic rings. The predicted octanol–water partition coefficient (Wildman–Crippen LogP) is 2.67. The zero-order valence-corrected chi connectivity index (χ0v) is 13.1. The number of fused-ring (bicyclic) bond motifs is 2. The minimum Gasteiger partial charge on any atom is -0.336 e. The fraction of sp³-hybridized carbons (Fsp3) is 0.667. The largest absolute Gasteiger partial charge is 0.336 e. The molecule has 4 heterocycles. The second-order valence-electron chi connectivity index (χ2n) is 7.21. The van der Waals surface area contributed by atoms with Crippen LogP contribution in [0.2, 0.25) is 0 Å². The Morgan fingerprint density at radius 1 is 1.27 bits per heavy atom. The Bertz CT molecular complexity index is 520. The molecular weight excluding hydrogens is 274 g/mol. The zero-order chi connectivity index (χ0) is 14.9. The number of hydrogen-bond donors (Lipinski definition) is 1. The number of nitrogens with one attached hydrogen (secondary N) is 1. The van der Waals surface area contributed by atoms with Gasteiger partial charge in [0.2, 0.25) is 5.91 Å². The minimum absolute atomic E-state index is 0.250. The van der Waals surface area contributed by atoms with Crippen LogP contribution in [0.15, 0.2) is 24.5 Å². The number of carbonyl (C=O) groups excluding carboxylic acids is 1. The molecule has 0 spiro atoms. The molecule has 1 aromatic rings. The van der Waals surface area contributed by atoms with Crippen molar-refractivity contribution in [2.75, 3.05) is 6.54 Å². The van der Waals surface area contributed by atoms with E-state index in [2.05, 4.69) is 21.3 Å². The van der Waals surface area contributed by atoms with Crippen LogP contribution in [0.4, 0.5) is 0 Å². The lowest BCUT2D eigenvalue weighted by Gasteiger charge is -2.31. The smallest absolute Gasteiger partial charge is 0.223 e. The molecule has 118 valence electrons. The summed E-state index contributed by atoms with van der Waals surface area (Å²) in [5.41, 5.74) is 1.19. The summed E-state index contributed by atoms with van der Waals surface area (Å²) in [7, 11) is 0. The molecule has 3 aliphatic heterocycles. The van der Waals surface area contributed by atoms with E-state index in [1.165, 1.54) is 31.2 Å². The number of carbonyl (C=O) groups is 1. The summed E-state index contributed by atoms with van der Waals surface area (Å²) >= 11 is 0. The lowest BCUT2D eigenvalue weighted by molar-refractivity contribution is -0.133. The second kappa shape index (κ2) is 5.99. The summed E-state index contributed by atoms with van der Waals surface area (Å²) in [6.45, 7) is 0.913. The van der Waals surface area contributed by atoms with Crippen molar-refractivity contribution in [2.45, 2.75) is 63.1 Å². The summed E-state index contributed by atoms with van der Waals surface area (Å²) < 4.78 is 0. The molecule has 22 heavy (non-hydrogen) atoms. The van der Waals surface area contributed by atoms with E-state index in [1.54, 1.807) is 6.20 Å². The van der Waals surface area contributed by atoms with E-state index in [1.807, 2.05) is 12.3 Å². The third-order valence-corrected chi connectivity index (χ3v) is 5.68. The summed E-state index contributed by atoms with van der Waals surface area (Å²) in [5, 5.41) is 3.66. The van der Waals surface area contributed by atoms with E-state index in [0.717, 1.165) is 25.8 Å². The van der Waals surface area contributed by atoms with Gasteiger partial charge < -0.3 is 10.2 Å². The SMILES string of the molecule is O=C(CC1CC2CCC(C1)N2)N1CCCC1c1cccnc1. The quantitative estimate of drug-likeness (QED) is 0.933. The Kier molecular flexibility index (Phi) is 3.87. The van der Waals surface area contributed by atoms with E-state index in [-0.39, 0.29) is 6.04 Å². The molecule has 1 aromatic heterocycles. The van der Waals surface area contributed by atoms with Crippen LogP contribution < -0.4 is 5.32 Å². The first-order chi connectivity index (χ1) is 10.8. The fourth-order valence-electron chi connectivity index (χ4n) is 4.69. The highest BCUT2D eigenvalue weighted by molar-refractivity contribution is 5.77. The molecular formula is C18H25N3O. The fourth-order valence-corrected chi connectivity index (χ4v) is 4.69. The van der Waals surface area contributed by atoms with Crippen molar-refractivity contribution in [3.63, 3.8) is 0 Å². The Balaban J connectivity index is 1.41. The lowest BCUT2D eigenvalue weighted by Crippen LogP contribution is -2.40. The molecule has 3 saturated heterocycles. The van der Waals surface area contributed by atoms with Crippen molar-refractivity contribution < 1.29 is 4.79 Å². The van der Waals surface area contributed by atoms with Crippen LogP contribution in [0, 0.1) is 5.92 Å². The van der Waals surface area contributed by atoms with Gasteiger partial charge in [0.15, 0.2) is 0 Å². The molecule has 3 fully saturated rings. The highest BCUT2D eigenvalue weighted by Gasteiger charge is 2.36. The molecule has 3 unspecified atom stereocenters. The van der Waals surface area contributed by atoms with Crippen molar-refractivity contribution in [3.05, 3.63) is 30.1 Å². The van der Waals surface area contributed by atoms with Gasteiger partial charge in [0.25, 0.3) is 0 Å². The van der Waals surface area contributed by atoms with E-state index in [9.17, 15) is 4.79 Å². The summed E-state index contributed by atoms with van der Waals surface area (Å²) in [4.78, 5) is 19.1. The van der Waals surface area contributed by atoms with E-state index in [0.29, 0.717) is 23.9 Å². The summed E-state index contributed by atoms with van der Waals surface area (Å²) in [6.07, 6.45) is 11.6. The van der Waals surface area contributed by atoms with Crippen molar-refractivity contribution >= 4 is 5.91 Å². The number of rotatable bonds is 3. The third-order valence-electron chi connectivity index (χ3n) is 5.68. The monoisotopic (exact) mass is 299 g/mol. The first-order valence-corrected chi connectivity index (χ1v) is 8.75. The molecule has 4 heteroatoms. The van der Waals surface area contributed by atoms with Crippen molar-refractivity contribution in [1.82, 2.24) is 15.2 Å². The van der Waals surface area contributed by atoms with Gasteiger partial charge in [0, 0.05) is 37.4 Å². The highest BCUT2D eigenvalue weighted by atomic mass is 16.2. The van der Waals surface area contributed by atoms with Crippen LogP contribution in [0.25, 0.3) is 0 Å². The van der Waals surface area contributed by atoms with Crippen LogP contribution in [0.1, 0.15) is 56.6 Å². The molecule has 4 rings (SSSR count). The van der Waals surface area contributed by atoms with Crippen LogP contribution in [-0.2, 0) is 4.79 Å². The maximum atomic E-state index is 12.8. The Morgan fingerprint density at radius 3 is 2.82 bits per heavy atom. The number of likely N-dealkylation sites (tertiary alicyclic amines) is 1. The number of aromatic nitrogens is 1. The maximum Gasteiger partial charge on any atom is 0.223 e. The van der Waals surface area contributed by atoms with Gasteiger partial charge in [-0.05, 0) is 56.1 Å². The number of piperidine rings is 1. The molecule has 3 atom stereocenters. The van der Waals surface area contributed by atoms with E-state index in [4.69, 9.17) is 0 Å². The van der Waals surface area contributed by atoms with Gasteiger partial charge in [-0.2, -0.15) is 0 Å². The Morgan fingerprint density at radius 2 is 2.09 bits per heavy atom. The van der Waals surface area contributed by atoms with E-state index >= 15 is 0 Å². The molecule has 0 aromatic carbocycles. The van der Waals surface area contributed by atoms with Gasteiger partial charge in [-0.15, -0.1) is 0 Å². The molecule has 0 saturated carbocycles. The number of hydrogen-bond acceptors (Lipinski definition) is 3. The molecule has 1 N–H and O–H groups in total. The van der Waals surface area contributed by atoms with Gasteiger partial charge in [-0.25, -0.2) is 0 Å². The van der Waals surface area contributed by atoms with Crippen molar-refractivity contribution in [2.24, 2.45) is 5.92 Å². The van der Waals surface area contributed by atoms with Gasteiger partial charge in [-0.1, -0.05) is 6.07 Å². The Hall–Kier alpha value is -1.42. The van der Waals surface area contributed by atoms with Crippen molar-refractivity contribution in [3.8, 4) is 0 Å². The first kappa shape index (κ1) is 14.2. The number of pyridine rings is 1. The zero-order valence-electron chi connectivity index (χ0n) is 13.1. The molecule has 0 radical (unpaired) electrons. The average Bonchev–Trinajstić information content (AvgIpc) is 3.15. The summed E-state index contributed by atoms with van der Waals surface area (Å²) in [5.74, 6) is 0.944. The van der Waals surface area contributed by atoms with Gasteiger partial charge in [0.05, 0.1) is 6.04 Å². The Labute approximate surface area is 132 Å². The van der Waals surface area contributed by atoms with Crippen molar-refractivity contribution in [1.29, 1.82) is 0 Å². The normalized spacial score (nSPS) is 34.1. The van der Waals surface area contributed by atoms with Crippen LogP contribution in [0.5, 0.6) is 0 Å². The molecule has 1 amide bonds. The molecule has 0 aliphatic carbocycles. The van der Waals surface area contributed by atoms with Gasteiger partial charge in [-0.3, -0.25) is 9.78 Å². The van der Waals surface area contributed by atoms with E-state index < -0.39 is 0 Å². The molecule has 2 bridgehead atoms. The summed E-state index contributed by atoms with van der Waals surface area (Å²) in [6, 6.07) is 5.67. The second-order valence-corrected chi connectivity index (χ2v) is 7.21. The topological polar surface area (TPSA) is 45.2 Å². The first-order valence-electron chi connectivity index (χ1n) is 8.75. The highest BCUT2D eigenvalue weighted by Crippen LogP contribution is 2.36. The predicted molar refractivity (Wildman–Crippen MR) is 85.2 cm³/mol. The van der Waals surface area contributed by atoms with Crippen LogP contribution >= 0.6 is 0 Å². The standard InChI is InChI=1S/C18H25N3O/c22-18(11-13-9-15-5-6-16(10-13)20-15)21-8-2-4-17(21)14-3-1-7-19-12-14/h1,3,7,12-13,15-17,20H,2,4-6,8-11H2. The average molecular weight is 299 g/mol. The number of nitrogens with zero attached hydrogens (tertiary/aromatic N) is 2. The lowest BCUT2D eigenvalue weighted by atomic mass is 9.89. The van der Waals surface area contributed by atoms with Gasteiger partial charge >= 0.3 is 0 Å². The maximum absolute atomic E-state index is 12.8. The molecule has 4 nitrogen and oxygen atoms in total.